The second-order valence-electron chi connectivity index (χ2n) is 7.14. The lowest BCUT2D eigenvalue weighted by Gasteiger charge is -2.32. The summed E-state index contributed by atoms with van der Waals surface area (Å²) in [4.78, 5) is 21.9. The Morgan fingerprint density at radius 3 is 2.64 bits per heavy atom. The lowest BCUT2D eigenvalue weighted by atomic mass is 10.2. The molecule has 1 N–H and O–H groups in total. The average Bonchev–Trinajstić information content (AvgIpc) is 3.33. The third-order valence-corrected chi connectivity index (χ3v) is 6.21. The summed E-state index contributed by atoms with van der Waals surface area (Å²) in [5.41, 5.74) is 2.18. The molecule has 1 unspecified atom stereocenters. The largest absolute Gasteiger partial charge is 0.341 e. The molecule has 0 aliphatic carbocycles. The number of carbonyl (C=O) groups excluding carboxylic acids is 1. The zero-order valence-electron chi connectivity index (χ0n) is 15.9. The van der Waals surface area contributed by atoms with Crippen molar-refractivity contribution in [2.24, 2.45) is 0 Å². The number of hydrogen-bond acceptors (Lipinski definition) is 5. The number of amides is 1. The van der Waals surface area contributed by atoms with Crippen molar-refractivity contribution in [2.45, 2.75) is 25.3 Å². The number of nitrogens with zero attached hydrogens (tertiary/aromatic N) is 3. The van der Waals surface area contributed by atoms with Crippen molar-refractivity contribution >= 4 is 42.1 Å². The van der Waals surface area contributed by atoms with Crippen LogP contribution in [0.2, 0.25) is 0 Å². The molecule has 1 aromatic carbocycles. The number of thiazole rings is 1. The summed E-state index contributed by atoms with van der Waals surface area (Å²) in [6.07, 6.45) is 2.37. The number of nitrogens with one attached hydrogen (secondary N) is 1. The van der Waals surface area contributed by atoms with Crippen LogP contribution in [-0.4, -0.2) is 66.0 Å². The molecular formula is C20H28Cl2N4OS. The number of hydrogen-bond donors (Lipinski definition) is 1. The van der Waals surface area contributed by atoms with Crippen LogP contribution >= 0.6 is 36.2 Å². The Morgan fingerprint density at radius 2 is 1.89 bits per heavy atom. The van der Waals surface area contributed by atoms with E-state index >= 15 is 0 Å². The summed E-state index contributed by atoms with van der Waals surface area (Å²) >= 11 is 1.66. The number of aromatic nitrogens is 1. The second kappa shape index (κ2) is 11.1. The molecule has 2 saturated heterocycles. The summed E-state index contributed by atoms with van der Waals surface area (Å²) in [5.74, 6) is 0.221. The molecule has 2 aliphatic rings. The number of piperazine rings is 1. The van der Waals surface area contributed by atoms with E-state index in [1.165, 1.54) is 5.56 Å². The smallest absolute Gasteiger partial charge is 0.228 e. The van der Waals surface area contributed by atoms with Crippen LogP contribution in [0.25, 0.3) is 0 Å². The normalized spacial score (nSPS) is 19.7. The minimum absolute atomic E-state index is 0. The van der Waals surface area contributed by atoms with Gasteiger partial charge in [0.25, 0.3) is 0 Å². The number of halogens is 2. The minimum atomic E-state index is 0. The van der Waals surface area contributed by atoms with Gasteiger partial charge < -0.3 is 10.2 Å². The average molecular weight is 443 g/mol. The Hall–Kier alpha value is -1.18. The Kier molecular flexibility index (Phi) is 9.18. The van der Waals surface area contributed by atoms with E-state index in [1.807, 2.05) is 16.3 Å². The zero-order chi connectivity index (χ0) is 17.8. The maximum atomic E-state index is 12.7. The molecule has 4 rings (SSSR count). The fourth-order valence-electron chi connectivity index (χ4n) is 3.86. The van der Waals surface area contributed by atoms with E-state index in [2.05, 4.69) is 39.5 Å². The third-order valence-electron chi connectivity index (χ3n) is 5.31. The van der Waals surface area contributed by atoms with Gasteiger partial charge in [-0.2, -0.15) is 0 Å². The summed E-state index contributed by atoms with van der Waals surface area (Å²) in [5, 5.41) is 6.52. The molecule has 5 nitrogen and oxygen atoms in total. The SMILES string of the molecule is Cl.Cl.O=C(Cc1csc(Cc2ccccc2)n1)N1CCC(N2CCNCC2)C1. The predicted molar refractivity (Wildman–Crippen MR) is 119 cm³/mol. The van der Waals surface area contributed by atoms with Gasteiger partial charge in [-0.15, -0.1) is 36.2 Å². The van der Waals surface area contributed by atoms with Crippen molar-refractivity contribution in [1.82, 2.24) is 20.1 Å². The molecule has 0 saturated carbocycles. The molecule has 1 aromatic heterocycles. The first-order valence-electron chi connectivity index (χ1n) is 9.48. The summed E-state index contributed by atoms with van der Waals surface area (Å²) in [6, 6.07) is 10.9. The summed E-state index contributed by atoms with van der Waals surface area (Å²) in [6.45, 7) is 6.08. The predicted octanol–water partition coefficient (Wildman–Crippen LogP) is 2.63. The minimum Gasteiger partial charge on any atom is -0.341 e. The quantitative estimate of drug-likeness (QED) is 0.772. The molecule has 28 heavy (non-hydrogen) atoms. The number of benzene rings is 1. The molecule has 3 heterocycles. The third kappa shape index (κ3) is 5.91. The van der Waals surface area contributed by atoms with Crippen LogP contribution < -0.4 is 5.32 Å². The first kappa shape index (κ1) is 23.1. The standard InChI is InChI=1S/C20H26N4OS.2ClH/c25-20(24-9-6-18(14-24)23-10-7-21-8-11-23)13-17-15-26-19(22-17)12-16-4-2-1-3-5-16;;/h1-5,15,18,21H,6-14H2;2*1H. The molecular weight excluding hydrogens is 415 g/mol. The monoisotopic (exact) mass is 442 g/mol. The maximum absolute atomic E-state index is 12.7. The van der Waals surface area contributed by atoms with Crippen LogP contribution in [-0.2, 0) is 17.6 Å². The number of carbonyl (C=O) groups is 1. The zero-order valence-corrected chi connectivity index (χ0v) is 18.3. The highest BCUT2D eigenvalue weighted by Crippen LogP contribution is 2.19. The van der Waals surface area contributed by atoms with E-state index in [9.17, 15) is 4.79 Å². The van der Waals surface area contributed by atoms with Crippen molar-refractivity contribution < 1.29 is 4.79 Å². The molecule has 8 heteroatoms. The summed E-state index contributed by atoms with van der Waals surface area (Å²) in [7, 11) is 0. The topological polar surface area (TPSA) is 48.5 Å². The number of rotatable bonds is 5. The Labute approximate surface area is 183 Å². The van der Waals surface area contributed by atoms with Crippen LogP contribution in [0.5, 0.6) is 0 Å². The van der Waals surface area contributed by atoms with Gasteiger partial charge in [-0.1, -0.05) is 30.3 Å². The molecule has 0 bridgehead atoms. The van der Waals surface area contributed by atoms with Crippen LogP contribution in [0, 0.1) is 0 Å². The van der Waals surface area contributed by atoms with E-state index in [0.29, 0.717) is 12.5 Å². The van der Waals surface area contributed by atoms with Gasteiger partial charge in [0.2, 0.25) is 5.91 Å². The van der Waals surface area contributed by atoms with Gasteiger partial charge in [0.15, 0.2) is 0 Å². The van der Waals surface area contributed by atoms with Gasteiger partial charge in [0, 0.05) is 57.1 Å². The van der Waals surface area contributed by atoms with Crippen molar-refractivity contribution in [1.29, 1.82) is 0 Å². The van der Waals surface area contributed by atoms with Crippen LogP contribution in [0.1, 0.15) is 22.7 Å². The highest BCUT2D eigenvalue weighted by molar-refractivity contribution is 7.09. The van der Waals surface area contributed by atoms with Gasteiger partial charge in [0.1, 0.15) is 0 Å². The molecule has 0 spiro atoms. The van der Waals surface area contributed by atoms with Gasteiger partial charge in [-0.3, -0.25) is 9.69 Å². The highest BCUT2D eigenvalue weighted by atomic mass is 35.5. The van der Waals surface area contributed by atoms with E-state index in [-0.39, 0.29) is 30.7 Å². The lowest BCUT2D eigenvalue weighted by Crippen LogP contribution is -2.49. The molecule has 2 aliphatic heterocycles. The molecule has 2 aromatic rings. The Balaban J connectivity index is 0.00000140. The molecule has 154 valence electrons. The van der Waals surface area contributed by atoms with Crippen molar-refractivity contribution in [3.8, 4) is 0 Å². The Bertz CT molecular complexity index is 737. The van der Waals surface area contributed by atoms with Crippen molar-refractivity contribution in [2.75, 3.05) is 39.3 Å². The van der Waals surface area contributed by atoms with Gasteiger partial charge >= 0.3 is 0 Å². The maximum Gasteiger partial charge on any atom is 0.228 e. The van der Waals surface area contributed by atoms with E-state index in [4.69, 9.17) is 0 Å². The first-order chi connectivity index (χ1) is 12.8. The van der Waals surface area contributed by atoms with Crippen LogP contribution in [0.15, 0.2) is 35.7 Å². The molecule has 1 atom stereocenters. The molecule has 1 amide bonds. The fraction of sp³-hybridized carbons (Fsp3) is 0.500. The lowest BCUT2D eigenvalue weighted by molar-refractivity contribution is -0.129. The van der Waals surface area contributed by atoms with E-state index < -0.39 is 0 Å². The van der Waals surface area contributed by atoms with Crippen LogP contribution in [0.4, 0.5) is 0 Å². The van der Waals surface area contributed by atoms with Gasteiger partial charge in [-0.05, 0) is 12.0 Å². The highest BCUT2D eigenvalue weighted by Gasteiger charge is 2.30. The number of likely N-dealkylation sites (tertiary alicyclic amines) is 1. The van der Waals surface area contributed by atoms with E-state index in [1.54, 1.807) is 11.3 Å². The van der Waals surface area contributed by atoms with Crippen LogP contribution in [0.3, 0.4) is 0 Å². The van der Waals surface area contributed by atoms with Gasteiger partial charge in [-0.25, -0.2) is 4.98 Å². The molecule has 2 fully saturated rings. The summed E-state index contributed by atoms with van der Waals surface area (Å²) < 4.78 is 0. The fourth-order valence-corrected chi connectivity index (χ4v) is 4.69. The van der Waals surface area contributed by atoms with Gasteiger partial charge in [0.05, 0.1) is 17.1 Å². The van der Waals surface area contributed by atoms with Crippen molar-refractivity contribution in [3.05, 3.63) is 52.0 Å². The van der Waals surface area contributed by atoms with E-state index in [0.717, 1.165) is 62.8 Å². The first-order valence-corrected chi connectivity index (χ1v) is 10.4. The molecule has 0 radical (unpaired) electrons. The Morgan fingerprint density at radius 1 is 1.14 bits per heavy atom. The second-order valence-corrected chi connectivity index (χ2v) is 8.08. The van der Waals surface area contributed by atoms with Crippen molar-refractivity contribution in [3.63, 3.8) is 0 Å².